The molecule has 0 saturated heterocycles. The van der Waals surface area contributed by atoms with Gasteiger partial charge in [0.15, 0.2) is 5.65 Å². The first kappa shape index (κ1) is 13.1. The molecule has 19 heavy (non-hydrogen) atoms. The van der Waals surface area contributed by atoms with Gasteiger partial charge in [-0.1, -0.05) is 6.92 Å². The molecule has 0 aliphatic heterocycles. The number of hydrogen-bond donors (Lipinski definition) is 2. The zero-order chi connectivity index (χ0) is 13.8. The Morgan fingerprint density at radius 2 is 2.26 bits per heavy atom. The average Bonchev–Trinajstić information content (AvgIpc) is 2.72. The normalized spacial score (nSPS) is 10.6. The van der Waals surface area contributed by atoms with E-state index < -0.39 is 0 Å². The number of hydrogen-bond acceptors (Lipinski definition) is 5. The van der Waals surface area contributed by atoms with Crippen LogP contribution in [-0.2, 0) is 11.3 Å². The first-order valence-electron chi connectivity index (χ1n) is 6.09. The monoisotopic (exact) mass is 263 g/mol. The van der Waals surface area contributed by atoms with Crippen molar-refractivity contribution >= 4 is 23.0 Å². The van der Waals surface area contributed by atoms with Crippen molar-refractivity contribution in [3.8, 4) is 5.88 Å². The molecular formula is C12H17N5O2. The third-order valence-electron chi connectivity index (χ3n) is 2.68. The van der Waals surface area contributed by atoms with Gasteiger partial charge in [0.05, 0.1) is 7.11 Å². The molecule has 0 spiro atoms. The maximum atomic E-state index is 11.7. The van der Waals surface area contributed by atoms with Crippen molar-refractivity contribution < 1.29 is 9.53 Å². The number of imidazole rings is 1. The van der Waals surface area contributed by atoms with Crippen LogP contribution >= 0.6 is 0 Å². The molecular weight excluding hydrogens is 246 g/mol. The Labute approximate surface area is 110 Å². The van der Waals surface area contributed by atoms with Gasteiger partial charge in [0, 0.05) is 12.6 Å². The molecule has 0 unspecified atom stereocenters. The Kier molecular flexibility index (Phi) is 3.84. The zero-order valence-corrected chi connectivity index (χ0v) is 11.0. The fourth-order valence-electron chi connectivity index (χ4n) is 1.74. The summed E-state index contributed by atoms with van der Waals surface area (Å²) in [5.74, 6) is 0.613. The molecule has 102 valence electrons. The van der Waals surface area contributed by atoms with E-state index in [1.807, 2.05) is 6.92 Å². The number of aromatic nitrogens is 3. The van der Waals surface area contributed by atoms with Crippen LogP contribution in [0.3, 0.4) is 0 Å². The lowest BCUT2D eigenvalue weighted by Gasteiger charge is -2.07. The molecule has 7 nitrogen and oxygen atoms in total. The number of nitrogens with one attached hydrogen (secondary N) is 1. The summed E-state index contributed by atoms with van der Waals surface area (Å²) in [6.07, 6.45) is 0.887. The van der Waals surface area contributed by atoms with Gasteiger partial charge in [0.1, 0.15) is 12.1 Å². The summed E-state index contributed by atoms with van der Waals surface area (Å²) in [7, 11) is 1.53. The van der Waals surface area contributed by atoms with Crippen molar-refractivity contribution in [2.75, 3.05) is 19.4 Å². The number of anilines is 1. The highest BCUT2D eigenvalue weighted by Crippen LogP contribution is 2.18. The van der Waals surface area contributed by atoms with E-state index >= 15 is 0 Å². The summed E-state index contributed by atoms with van der Waals surface area (Å²) in [6.45, 7) is 2.73. The summed E-state index contributed by atoms with van der Waals surface area (Å²) in [6, 6.07) is 3.47. The van der Waals surface area contributed by atoms with Gasteiger partial charge in [-0.3, -0.25) is 9.36 Å². The summed E-state index contributed by atoms with van der Waals surface area (Å²) in [5, 5.41) is 2.79. The molecule has 2 aromatic heterocycles. The second kappa shape index (κ2) is 5.55. The second-order valence-corrected chi connectivity index (χ2v) is 4.10. The lowest BCUT2D eigenvalue weighted by atomic mass is 10.4. The van der Waals surface area contributed by atoms with Gasteiger partial charge in [-0.15, -0.1) is 0 Å². The Hall–Kier alpha value is -2.31. The van der Waals surface area contributed by atoms with Crippen LogP contribution in [0.25, 0.3) is 11.2 Å². The Morgan fingerprint density at radius 1 is 1.47 bits per heavy atom. The Bertz CT molecular complexity index is 593. The molecule has 0 aromatic carbocycles. The molecule has 0 bridgehead atoms. The quantitative estimate of drug-likeness (QED) is 0.821. The van der Waals surface area contributed by atoms with E-state index in [2.05, 4.69) is 15.3 Å². The molecule has 7 heteroatoms. The maximum Gasteiger partial charge on any atom is 0.240 e. The van der Waals surface area contributed by atoms with E-state index in [0.717, 1.165) is 6.42 Å². The summed E-state index contributed by atoms with van der Waals surface area (Å²) in [4.78, 5) is 20.2. The molecule has 2 aromatic rings. The lowest BCUT2D eigenvalue weighted by molar-refractivity contribution is -0.121. The number of ether oxygens (including phenoxy) is 1. The Balaban J connectivity index is 2.30. The third-order valence-corrected chi connectivity index (χ3v) is 2.68. The highest BCUT2D eigenvalue weighted by Gasteiger charge is 2.13. The number of amides is 1. The number of methoxy groups -OCH3 is 1. The highest BCUT2D eigenvalue weighted by molar-refractivity contribution is 5.81. The van der Waals surface area contributed by atoms with Crippen LogP contribution in [0.5, 0.6) is 5.88 Å². The van der Waals surface area contributed by atoms with Crippen LogP contribution in [0.1, 0.15) is 13.3 Å². The number of fused-ring (bicyclic) bond motifs is 1. The molecule has 1 amide bonds. The maximum absolute atomic E-state index is 11.7. The predicted octanol–water partition coefficient (Wildman–Crippen LogP) is 0.548. The van der Waals surface area contributed by atoms with Gasteiger partial charge in [-0.2, -0.15) is 4.98 Å². The van der Waals surface area contributed by atoms with E-state index in [4.69, 9.17) is 10.5 Å². The number of nitrogens with two attached hydrogens (primary N) is 1. The molecule has 0 aliphatic carbocycles. The van der Waals surface area contributed by atoms with Gasteiger partial charge >= 0.3 is 0 Å². The number of pyridine rings is 1. The van der Waals surface area contributed by atoms with Crippen molar-refractivity contribution in [3.05, 3.63) is 12.1 Å². The van der Waals surface area contributed by atoms with E-state index in [1.54, 1.807) is 16.7 Å². The van der Waals surface area contributed by atoms with E-state index in [-0.39, 0.29) is 18.4 Å². The van der Waals surface area contributed by atoms with Gasteiger partial charge < -0.3 is 15.8 Å². The van der Waals surface area contributed by atoms with Crippen molar-refractivity contribution in [2.24, 2.45) is 0 Å². The van der Waals surface area contributed by atoms with Crippen LogP contribution in [0.2, 0.25) is 0 Å². The number of nitrogens with zero attached hydrogens (tertiary/aromatic N) is 3. The molecule has 0 aliphatic rings. The van der Waals surface area contributed by atoms with Crippen molar-refractivity contribution in [1.82, 2.24) is 19.9 Å². The van der Waals surface area contributed by atoms with E-state index in [1.165, 1.54) is 7.11 Å². The van der Waals surface area contributed by atoms with Gasteiger partial charge in [-0.25, -0.2) is 4.98 Å². The molecule has 2 rings (SSSR count). The number of carbonyl (C=O) groups excluding carboxylic acids is 1. The SMILES string of the molecule is CCCNC(=O)Cn1c(N)nc2ccc(OC)nc21. The van der Waals surface area contributed by atoms with Crippen LogP contribution in [0, 0.1) is 0 Å². The molecule has 3 N–H and O–H groups in total. The van der Waals surface area contributed by atoms with Crippen LogP contribution < -0.4 is 15.8 Å². The standard InChI is InChI=1S/C12H17N5O2/c1-3-6-14-9(18)7-17-11-8(15-12(17)13)4-5-10(16-11)19-2/h4-5H,3,6-7H2,1-2H3,(H2,13,15)(H,14,18). The van der Waals surface area contributed by atoms with Crippen LogP contribution in [0.15, 0.2) is 12.1 Å². The van der Waals surface area contributed by atoms with Gasteiger partial charge in [0.2, 0.25) is 17.7 Å². The average molecular weight is 263 g/mol. The number of nitrogen functional groups attached to an aromatic ring is 1. The van der Waals surface area contributed by atoms with Crippen molar-refractivity contribution in [2.45, 2.75) is 19.9 Å². The van der Waals surface area contributed by atoms with E-state index in [9.17, 15) is 4.79 Å². The first-order chi connectivity index (χ1) is 9.15. The molecule has 0 fully saturated rings. The van der Waals surface area contributed by atoms with Crippen LogP contribution in [0.4, 0.5) is 5.95 Å². The van der Waals surface area contributed by atoms with E-state index in [0.29, 0.717) is 23.6 Å². The zero-order valence-electron chi connectivity index (χ0n) is 11.0. The van der Waals surface area contributed by atoms with Crippen LogP contribution in [-0.4, -0.2) is 34.1 Å². The first-order valence-corrected chi connectivity index (χ1v) is 6.09. The number of rotatable bonds is 5. The van der Waals surface area contributed by atoms with Crippen molar-refractivity contribution in [1.29, 1.82) is 0 Å². The smallest absolute Gasteiger partial charge is 0.240 e. The topological polar surface area (TPSA) is 95.1 Å². The minimum absolute atomic E-state index is 0.0997. The fourth-order valence-corrected chi connectivity index (χ4v) is 1.74. The van der Waals surface area contributed by atoms with Gasteiger partial charge in [-0.05, 0) is 12.5 Å². The minimum Gasteiger partial charge on any atom is -0.481 e. The minimum atomic E-state index is -0.113. The van der Waals surface area contributed by atoms with Gasteiger partial charge in [0.25, 0.3) is 0 Å². The summed E-state index contributed by atoms with van der Waals surface area (Å²) in [5.41, 5.74) is 7.00. The number of carbonyl (C=O) groups is 1. The van der Waals surface area contributed by atoms with Crippen molar-refractivity contribution in [3.63, 3.8) is 0 Å². The molecule has 0 radical (unpaired) electrons. The highest BCUT2D eigenvalue weighted by atomic mass is 16.5. The molecule has 0 atom stereocenters. The third kappa shape index (κ3) is 2.75. The Morgan fingerprint density at radius 3 is 2.95 bits per heavy atom. The lowest BCUT2D eigenvalue weighted by Crippen LogP contribution is -2.28. The predicted molar refractivity (Wildman–Crippen MR) is 71.8 cm³/mol. The second-order valence-electron chi connectivity index (χ2n) is 4.10. The fraction of sp³-hybridized carbons (Fsp3) is 0.417. The summed E-state index contributed by atoms with van der Waals surface area (Å²) < 4.78 is 6.64. The summed E-state index contributed by atoms with van der Waals surface area (Å²) >= 11 is 0. The molecule has 2 heterocycles. The molecule has 0 saturated carbocycles. The largest absolute Gasteiger partial charge is 0.481 e.